The Balaban J connectivity index is -0.00000151. The molecule has 0 radical (unpaired) electrons. The Labute approximate surface area is 160 Å². The van der Waals surface area contributed by atoms with E-state index in [9.17, 15) is 14.4 Å². The molecule has 0 heterocycles. The highest BCUT2D eigenvalue weighted by molar-refractivity contribution is 5.85. The molecular formula is C19H40N2O5. The summed E-state index contributed by atoms with van der Waals surface area (Å²) >= 11 is 0. The number of Topliss-reactive ketones (excluding diaryl/α,β-unsaturated/α-hetero) is 1. The summed E-state index contributed by atoms with van der Waals surface area (Å²) in [4.78, 5) is 35.3. The van der Waals surface area contributed by atoms with Gasteiger partial charge in [-0.2, -0.15) is 0 Å². The summed E-state index contributed by atoms with van der Waals surface area (Å²) in [6.07, 6.45) is 3.26. The van der Waals surface area contributed by atoms with Crippen molar-refractivity contribution in [2.45, 2.75) is 59.4 Å². The fourth-order valence-corrected chi connectivity index (χ4v) is 2.81. The zero-order chi connectivity index (χ0) is 19.9. The first-order valence-corrected chi connectivity index (χ1v) is 9.60. The van der Waals surface area contributed by atoms with Crippen molar-refractivity contribution in [1.82, 2.24) is 10.6 Å². The summed E-state index contributed by atoms with van der Waals surface area (Å²) in [7, 11) is 1.56. The Morgan fingerprint density at radius 1 is 1.04 bits per heavy atom. The third-order valence-corrected chi connectivity index (χ3v) is 4.17. The topological polar surface area (TPSA) is 93.7 Å². The van der Waals surface area contributed by atoms with Gasteiger partial charge in [-0.3, -0.25) is 14.4 Å². The van der Waals surface area contributed by atoms with Crippen molar-refractivity contribution in [2.24, 2.45) is 11.8 Å². The maximum atomic E-state index is 12.0. The van der Waals surface area contributed by atoms with Gasteiger partial charge in [0.1, 0.15) is 12.4 Å². The second-order valence-electron chi connectivity index (χ2n) is 6.50. The molecule has 1 saturated carbocycles. The number of ketones is 1. The van der Waals surface area contributed by atoms with Crippen LogP contribution in [-0.2, 0) is 23.9 Å². The largest absolute Gasteiger partial charge is 0.382 e. The number of rotatable bonds is 10. The van der Waals surface area contributed by atoms with Crippen LogP contribution in [0.4, 0.5) is 0 Å². The van der Waals surface area contributed by atoms with Gasteiger partial charge in [0, 0.05) is 27.8 Å². The summed E-state index contributed by atoms with van der Waals surface area (Å²) in [5.74, 6) is -0.0172. The van der Waals surface area contributed by atoms with Crippen LogP contribution in [0.5, 0.6) is 0 Å². The number of nitrogens with one attached hydrogen (secondary N) is 2. The molecule has 0 saturated heterocycles. The molecule has 0 bridgehead atoms. The summed E-state index contributed by atoms with van der Waals surface area (Å²) in [5.41, 5.74) is 0. The van der Waals surface area contributed by atoms with E-state index in [-0.39, 0.29) is 45.7 Å². The van der Waals surface area contributed by atoms with Crippen LogP contribution in [0.3, 0.4) is 0 Å². The lowest BCUT2D eigenvalue weighted by atomic mass is 9.80. The van der Waals surface area contributed by atoms with Crippen LogP contribution >= 0.6 is 0 Å². The second-order valence-corrected chi connectivity index (χ2v) is 6.50. The van der Waals surface area contributed by atoms with Crippen LogP contribution in [0, 0.1) is 11.8 Å². The van der Waals surface area contributed by atoms with Crippen molar-refractivity contribution in [2.75, 3.05) is 33.5 Å². The maximum absolute atomic E-state index is 12.0. The second kappa shape index (κ2) is 14.7. The van der Waals surface area contributed by atoms with Crippen LogP contribution in [-0.4, -0.2) is 57.1 Å². The summed E-state index contributed by atoms with van der Waals surface area (Å²) in [6.45, 7) is 8.48. The van der Waals surface area contributed by atoms with Crippen LogP contribution in [0.25, 0.3) is 0 Å². The smallest absolute Gasteiger partial charge is 0.246 e. The predicted octanol–water partition coefficient (Wildman–Crippen LogP) is 2.18. The summed E-state index contributed by atoms with van der Waals surface area (Å²) in [5, 5.41) is 5.43. The molecule has 1 fully saturated rings. The number of ether oxygens (including phenoxy) is 2. The molecular weight excluding hydrogens is 336 g/mol. The number of carbonyl (C=O) groups is 3. The number of carbonyl (C=O) groups excluding carboxylic acids is 3. The van der Waals surface area contributed by atoms with Crippen molar-refractivity contribution >= 4 is 17.6 Å². The van der Waals surface area contributed by atoms with Gasteiger partial charge < -0.3 is 20.1 Å². The molecule has 0 aromatic rings. The average molecular weight is 377 g/mol. The van der Waals surface area contributed by atoms with Crippen LogP contribution in [0.2, 0.25) is 0 Å². The quantitative estimate of drug-likeness (QED) is 0.570. The fraction of sp³-hybridized carbons (Fsp3) is 0.842. The molecule has 2 amide bonds. The molecule has 1 aliphatic carbocycles. The minimum atomic E-state index is -0.326. The predicted molar refractivity (Wildman–Crippen MR) is 105 cm³/mol. The highest BCUT2D eigenvalue weighted by atomic mass is 16.5. The van der Waals surface area contributed by atoms with Gasteiger partial charge in [0.2, 0.25) is 11.8 Å². The molecule has 0 atom stereocenters. The Bertz CT molecular complexity index is 429. The molecule has 1 aliphatic rings. The van der Waals surface area contributed by atoms with Gasteiger partial charge >= 0.3 is 0 Å². The van der Waals surface area contributed by atoms with Gasteiger partial charge in [-0.05, 0) is 25.7 Å². The van der Waals surface area contributed by atoms with Gasteiger partial charge in [-0.1, -0.05) is 27.7 Å². The standard InChI is InChI=1S/C17H30N2O5.C2H6.2H2/c1-12(2)17(22)13-4-6-14(7-5-13)19-15(20)10-18-16(21)11-24-9-8-23-3;1-2;;/h12-14H,4-11H2,1-3H3,(H,18,21)(H,19,20);1-2H3;2*1H. The Morgan fingerprint density at radius 3 is 2.19 bits per heavy atom. The molecule has 1 rings (SSSR count). The SMILES string of the molecule is CC.COCCOCC(=O)NCC(=O)NC1CCC(C(=O)C(C)C)CC1.[HH].[HH]. The average Bonchev–Trinajstić information content (AvgIpc) is 2.65. The Kier molecular flexibility index (Phi) is 13.8. The monoisotopic (exact) mass is 376 g/mol. The van der Waals surface area contributed by atoms with E-state index in [2.05, 4.69) is 10.6 Å². The van der Waals surface area contributed by atoms with Crippen molar-refractivity contribution in [3.05, 3.63) is 0 Å². The van der Waals surface area contributed by atoms with E-state index < -0.39 is 0 Å². The number of methoxy groups -OCH3 is 1. The number of hydrogen-bond donors (Lipinski definition) is 2. The lowest BCUT2D eigenvalue weighted by Gasteiger charge is -2.29. The van der Waals surface area contributed by atoms with Crippen LogP contribution < -0.4 is 10.6 Å². The molecule has 0 aliphatic heterocycles. The van der Waals surface area contributed by atoms with Crippen molar-refractivity contribution in [3.8, 4) is 0 Å². The molecule has 0 aromatic carbocycles. The van der Waals surface area contributed by atoms with Crippen LogP contribution in [0.15, 0.2) is 0 Å². The molecule has 26 heavy (non-hydrogen) atoms. The van der Waals surface area contributed by atoms with E-state index in [0.717, 1.165) is 25.7 Å². The summed E-state index contributed by atoms with van der Waals surface area (Å²) in [6, 6.07) is 0.0866. The van der Waals surface area contributed by atoms with Gasteiger partial charge in [0.05, 0.1) is 19.8 Å². The summed E-state index contributed by atoms with van der Waals surface area (Å²) < 4.78 is 9.87. The van der Waals surface area contributed by atoms with E-state index in [1.54, 1.807) is 7.11 Å². The van der Waals surface area contributed by atoms with E-state index >= 15 is 0 Å². The lowest BCUT2D eigenvalue weighted by Crippen LogP contribution is -2.44. The minimum absolute atomic E-state index is 0. The first kappa shape index (κ1) is 24.5. The normalized spacial score (nSPS) is 19.3. The van der Waals surface area contributed by atoms with E-state index in [0.29, 0.717) is 19.0 Å². The van der Waals surface area contributed by atoms with Gasteiger partial charge in [0.25, 0.3) is 0 Å². The third kappa shape index (κ3) is 10.5. The van der Waals surface area contributed by atoms with Crippen molar-refractivity contribution < 1.29 is 26.7 Å². The third-order valence-electron chi connectivity index (χ3n) is 4.17. The molecule has 156 valence electrons. The fourth-order valence-electron chi connectivity index (χ4n) is 2.81. The molecule has 2 N–H and O–H groups in total. The first-order chi connectivity index (χ1) is 12.4. The first-order valence-electron chi connectivity index (χ1n) is 9.60. The van der Waals surface area contributed by atoms with Gasteiger partial charge in [-0.15, -0.1) is 0 Å². The Morgan fingerprint density at radius 2 is 1.65 bits per heavy atom. The van der Waals surface area contributed by atoms with Gasteiger partial charge in [0.15, 0.2) is 0 Å². The highest BCUT2D eigenvalue weighted by Gasteiger charge is 2.28. The zero-order valence-electron chi connectivity index (χ0n) is 16.9. The molecule has 7 nitrogen and oxygen atoms in total. The molecule has 0 spiro atoms. The highest BCUT2D eigenvalue weighted by Crippen LogP contribution is 2.27. The molecule has 0 unspecified atom stereocenters. The number of amides is 2. The minimum Gasteiger partial charge on any atom is -0.382 e. The lowest BCUT2D eigenvalue weighted by molar-refractivity contribution is -0.130. The van der Waals surface area contributed by atoms with E-state index in [1.807, 2.05) is 27.7 Å². The molecule has 0 aromatic heterocycles. The Hall–Kier alpha value is -1.47. The zero-order valence-corrected chi connectivity index (χ0v) is 16.9. The van der Waals surface area contributed by atoms with E-state index in [4.69, 9.17) is 9.47 Å². The molecule has 7 heteroatoms. The van der Waals surface area contributed by atoms with Gasteiger partial charge in [-0.25, -0.2) is 0 Å². The number of hydrogen-bond acceptors (Lipinski definition) is 5. The van der Waals surface area contributed by atoms with Crippen molar-refractivity contribution in [3.63, 3.8) is 0 Å². The van der Waals surface area contributed by atoms with E-state index in [1.165, 1.54) is 0 Å². The van der Waals surface area contributed by atoms with Crippen molar-refractivity contribution in [1.29, 1.82) is 0 Å². The van der Waals surface area contributed by atoms with Crippen LogP contribution in [0.1, 0.15) is 56.2 Å². The maximum Gasteiger partial charge on any atom is 0.246 e.